The molecule has 0 heterocycles. The van der Waals surface area contributed by atoms with Crippen LogP contribution in [-0.2, 0) is 33.6 Å². The van der Waals surface area contributed by atoms with Gasteiger partial charge in [-0.15, -0.1) is 0 Å². The average Bonchev–Trinajstić information content (AvgIpc) is 2.79. The van der Waals surface area contributed by atoms with Gasteiger partial charge < -0.3 is 47.4 Å². The van der Waals surface area contributed by atoms with Crippen molar-refractivity contribution < 1.29 is 54.0 Å². The molecule has 0 aromatic heterocycles. The molecule has 0 saturated heterocycles. The summed E-state index contributed by atoms with van der Waals surface area (Å²) < 4.78 is 0. The summed E-state index contributed by atoms with van der Waals surface area (Å²) in [5.74, 6) is -8.07. The predicted molar refractivity (Wildman–Crippen MR) is 125 cm³/mol. The number of hydrogen-bond acceptors (Lipinski definition) is 9. The molecule has 0 unspecified atom stereocenters. The van der Waals surface area contributed by atoms with Crippen molar-refractivity contribution in [2.24, 2.45) is 11.7 Å². The molecule has 5 atom stereocenters. The van der Waals surface area contributed by atoms with Gasteiger partial charge in [0.15, 0.2) is 0 Å². The molecule has 0 aromatic rings. The molecule has 0 aliphatic rings. The van der Waals surface area contributed by atoms with Gasteiger partial charge in [0.2, 0.25) is 23.6 Å². The Bertz CT molecular complexity index is 862. The van der Waals surface area contributed by atoms with E-state index in [0.29, 0.717) is 0 Å². The van der Waals surface area contributed by atoms with E-state index in [1.54, 1.807) is 13.8 Å². The molecule has 0 aromatic carbocycles. The lowest BCUT2D eigenvalue weighted by Crippen LogP contribution is -2.58. The Kier molecular flexibility index (Phi) is 14.4. The van der Waals surface area contributed by atoms with Crippen LogP contribution in [0.15, 0.2) is 0 Å². The molecular weight excluding hydrogens is 498 g/mol. The molecule has 0 spiro atoms. The van der Waals surface area contributed by atoms with Gasteiger partial charge in [-0.1, -0.05) is 13.8 Å². The molecule has 0 saturated carbocycles. The third-order valence-electron chi connectivity index (χ3n) is 5.02. The van der Waals surface area contributed by atoms with E-state index < -0.39 is 97.1 Å². The van der Waals surface area contributed by atoms with E-state index >= 15 is 0 Å². The normalized spacial score (nSPS) is 14.9. The fourth-order valence-electron chi connectivity index (χ4n) is 2.90. The highest BCUT2D eigenvalue weighted by Gasteiger charge is 2.31. The Labute approximate surface area is 212 Å². The summed E-state index contributed by atoms with van der Waals surface area (Å²) in [7, 11) is 0. The number of rotatable bonds is 17. The number of carboxylic acids is 3. The topological polar surface area (TPSA) is 275 Å². The predicted octanol–water partition coefficient (Wildman–Crippen LogP) is -3.26. The number of aliphatic carboxylic acids is 3. The summed E-state index contributed by atoms with van der Waals surface area (Å²) in [4.78, 5) is 82.3. The zero-order valence-electron chi connectivity index (χ0n) is 20.7. The number of carbonyl (C=O) groups is 7. The molecule has 0 bridgehead atoms. The molecule has 0 fully saturated rings. The Balaban J connectivity index is 5.18. The van der Waals surface area contributed by atoms with Gasteiger partial charge in [-0.05, 0) is 25.7 Å². The smallest absolute Gasteiger partial charge is 0.326 e. The van der Waals surface area contributed by atoms with E-state index in [4.69, 9.17) is 15.9 Å². The monoisotopic (exact) mass is 533 g/mol. The van der Waals surface area contributed by atoms with Crippen LogP contribution in [0.2, 0.25) is 0 Å². The minimum atomic E-state index is -1.56. The first-order valence-corrected chi connectivity index (χ1v) is 11.3. The maximum absolute atomic E-state index is 12.5. The van der Waals surface area contributed by atoms with Crippen LogP contribution in [0.5, 0.6) is 0 Å². The maximum Gasteiger partial charge on any atom is 0.326 e. The van der Waals surface area contributed by atoms with Gasteiger partial charge in [-0.2, -0.15) is 0 Å². The molecule has 0 rings (SSSR count). The van der Waals surface area contributed by atoms with Crippen LogP contribution in [0.25, 0.3) is 0 Å². The van der Waals surface area contributed by atoms with Crippen molar-refractivity contribution in [3.05, 3.63) is 0 Å². The first-order valence-electron chi connectivity index (χ1n) is 11.3. The lowest BCUT2D eigenvalue weighted by Gasteiger charge is -2.25. The van der Waals surface area contributed by atoms with Gasteiger partial charge >= 0.3 is 17.9 Å². The van der Waals surface area contributed by atoms with Crippen LogP contribution >= 0.6 is 0 Å². The summed E-state index contributed by atoms with van der Waals surface area (Å²) >= 11 is 0. The zero-order valence-corrected chi connectivity index (χ0v) is 20.7. The molecule has 16 nitrogen and oxygen atoms in total. The number of carboxylic acid groups (broad SMARTS) is 3. The number of nitrogens with one attached hydrogen (secondary N) is 4. The Hall–Kier alpha value is -3.79. The highest BCUT2D eigenvalue weighted by molar-refractivity contribution is 5.94. The lowest BCUT2D eigenvalue weighted by atomic mass is 10.0. The van der Waals surface area contributed by atoms with Gasteiger partial charge in [-0.3, -0.25) is 28.8 Å². The first-order chi connectivity index (χ1) is 17.1. The fourth-order valence-corrected chi connectivity index (χ4v) is 2.90. The second-order valence-electron chi connectivity index (χ2n) is 8.60. The van der Waals surface area contributed by atoms with Crippen LogP contribution in [0.4, 0.5) is 0 Å². The minimum absolute atomic E-state index is 0.237. The van der Waals surface area contributed by atoms with Gasteiger partial charge in [0.25, 0.3) is 0 Å². The van der Waals surface area contributed by atoms with Crippen LogP contribution < -0.4 is 27.0 Å². The molecule has 4 amide bonds. The van der Waals surface area contributed by atoms with Crippen molar-refractivity contribution in [3.8, 4) is 0 Å². The Morgan fingerprint density at radius 3 is 1.73 bits per heavy atom. The second-order valence-corrected chi connectivity index (χ2v) is 8.60. The third-order valence-corrected chi connectivity index (χ3v) is 5.02. The van der Waals surface area contributed by atoms with Gasteiger partial charge in [0.05, 0.1) is 18.7 Å². The third kappa shape index (κ3) is 13.2. The SMILES string of the molecule is CC(C)[C@H](NC(=O)[C@@H](NC(=O)CNC(=O)[C@H](CCC(=O)O)NC(=O)[C@@H](N)CCC(=O)O)[C@@H](C)O)C(=O)O. The van der Waals surface area contributed by atoms with E-state index in [0.717, 1.165) is 0 Å². The van der Waals surface area contributed by atoms with E-state index in [1.807, 2.05) is 0 Å². The minimum Gasteiger partial charge on any atom is -0.481 e. The second kappa shape index (κ2) is 16.1. The number of amides is 4. The van der Waals surface area contributed by atoms with E-state index in [2.05, 4.69) is 21.3 Å². The van der Waals surface area contributed by atoms with Crippen molar-refractivity contribution in [2.45, 2.75) is 76.7 Å². The maximum atomic E-state index is 12.5. The molecule has 0 radical (unpaired) electrons. The largest absolute Gasteiger partial charge is 0.481 e. The van der Waals surface area contributed by atoms with Crippen LogP contribution in [0, 0.1) is 5.92 Å². The number of aliphatic hydroxyl groups excluding tert-OH is 1. The van der Waals surface area contributed by atoms with Crippen molar-refractivity contribution in [1.29, 1.82) is 0 Å². The van der Waals surface area contributed by atoms with E-state index in [1.165, 1.54) is 6.92 Å². The molecule has 37 heavy (non-hydrogen) atoms. The van der Waals surface area contributed by atoms with E-state index in [9.17, 15) is 43.8 Å². The first kappa shape index (κ1) is 33.2. The summed E-state index contributed by atoms with van der Waals surface area (Å²) in [6, 6.07) is -5.55. The highest BCUT2D eigenvalue weighted by atomic mass is 16.4. The summed E-state index contributed by atoms with van der Waals surface area (Å²) in [5.41, 5.74) is 5.59. The summed E-state index contributed by atoms with van der Waals surface area (Å²) in [6.45, 7) is 3.53. The van der Waals surface area contributed by atoms with Crippen molar-refractivity contribution in [2.75, 3.05) is 6.54 Å². The quantitative estimate of drug-likeness (QED) is 0.0891. The standard InChI is InChI=1S/C21H35N5O11/c1-9(2)16(21(36)37)26-20(35)17(10(3)27)25-13(28)8-23-19(34)12(5-7-15(31)32)24-18(33)11(22)4-6-14(29)30/h9-12,16-17,27H,4-8,22H2,1-3H3,(H,23,34)(H,24,33)(H,25,28)(H,26,35)(H,29,30)(H,31,32)(H,36,37)/t10-,11+,12+,16+,17+/m1/s1. The Morgan fingerprint density at radius 2 is 1.27 bits per heavy atom. The molecule has 0 aliphatic heterocycles. The summed E-state index contributed by atoms with van der Waals surface area (Å²) in [6.07, 6.45) is -2.98. The fraction of sp³-hybridized carbons (Fsp3) is 0.667. The van der Waals surface area contributed by atoms with Crippen molar-refractivity contribution in [3.63, 3.8) is 0 Å². The molecular formula is C21H35N5O11. The highest BCUT2D eigenvalue weighted by Crippen LogP contribution is 2.04. The Morgan fingerprint density at radius 1 is 0.730 bits per heavy atom. The summed E-state index contributed by atoms with van der Waals surface area (Å²) in [5, 5.41) is 45.4. The van der Waals surface area contributed by atoms with Crippen LogP contribution in [-0.4, -0.2) is 98.8 Å². The average molecular weight is 534 g/mol. The molecule has 10 N–H and O–H groups in total. The number of aliphatic hydroxyl groups is 1. The van der Waals surface area contributed by atoms with Crippen LogP contribution in [0.3, 0.4) is 0 Å². The number of carbonyl (C=O) groups excluding carboxylic acids is 4. The molecule has 0 aliphatic carbocycles. The van der Waals surface area contributed by atoms with Crippen LogP contribution in [0.1, 0.15) is 46.5 Å². The van der Waals surface area contributed by atoms with Gasteiger partial charge in [0, 0.05) is 12.8 Å². The number of nitrogens with two attached hydrogens (primary N) is 1. The molecule has 210 valence electrons. The van der Waals surface area contributed by atoms with Crippen molar-refractivity contribution in [1.82, 2.24) is 21.3 Å². The lowest BCUT2D eigenvalue weighted by molar-refractivity contribution is -0.144. The molecule has 16 heteroatoms. The number of hydrogen-bond donors (Lipinski definition) is 9. The van der Waals surface area contributed by atoms with Crippen molar-refractivity contribution >= 4 is 41.5 Å². The van der Waals surface area contributed by atoms with E-state index in [-0.39, 0.29) is 12.8 Å². The van der Waals surface area contributed by atoms with Gasteiger partial charge in [0.1, 0.15) is 18.1 Å². The van der Waals surface area contributed by atoms with Gasteiger partial charge in [-0.25, -0.2) is 4.79 Å². The zero-order chi connectivity index (χ0) is 28.9.